The molecule has 1 aliphatic rings. The van der Waals surface area contributed by atoms with E-state index in [9.17, 15) is 0 Å². The molecule has 0 aliphatic carbocycles. The number of fused-ring (bicyclic) bond motifs is 2. The van der Waals surface area contributed by atoms with Crippen LogP contribution in [0.15, 0.2) is 38.7 Å². The summed E-state index contributed by atoms with van der Waals surface area (Å²) in [6, 6.07) is 8.70. The first-order valence-corrected chi connectivity index (χ1v) is 6.86. The Labute approximate surface area is 111 Å². The number of hydrogen-bond acceptors (Lipinski definition) is 4. The number of rotatable bonds is 1. The number of furan rings is 1. The number of nitrogen functional groups attached to an aromatic ring is 1. The molecule has 1 aliphatic heterocycles. The Hall–Kier alpha value is -1.55. The molecular formula is C14H16N2OS. The fourth-order valence-corrected chi connectivity index (χ4v) is 3.40. The Morgan fingerprint density at radius 1 is 1.28 bits per heavy atom. The van der Waals surface area contributed by atoms with Crippen molar-refractivity contribution in [1.82, 2.24) is 0 Å². The zero-order chi connectivity index (χ0) is 12.9. The van der Waals surface area contributed by atoms with Crippen LogP contribution in [-0.4, -0.2) is 6.04 Å². The summed E-state index contributed by atoms with van der Waals surface area (Å²) < 4.78 is 5.77. The lowest BCUT2D eigenvalue weighted by Crippen LogP contribution is -2.28. The second-order valence-electron chi connectivity index (χ2n) is 4.74. The van der Waals surface area contributed by atoms with Crippen molar-refractivity contribution in [2.24, 2.45) is 0 Å². The van der Waals surface area contributed by atoms with Gasteiger partial charge in [0.05, 0.1) is 11.4 Å². The first-order valence-electron chi connectivity index (χ1n) is 6.04. The molecule has 3 nitrogen and oxygen atoms in total. The molecule has 4 heteroatoms. The van der Waals surface area contributed by atoms with Crippen LogP contribution in [-0.2, 0) is 0 Å². The van der Waals surface area contributed by atoms with Crippen molar-refractivity contribution in [3.8, 4) is 0 Å². The van der Waals surface area contributed by atoms with E-state index >= 15 is 0 Å². The molecule has 0 unspecified atom stereocenters. The zero-order valence-corrected chi connectivity index (χ0v) is 11.5. The number of aryl methyl sites for hydroxylation is 1. The monoisotopic (exact) mass is 260 g/mol. The largest absolute Gasteiger partial charge is 0.450 e. The number of para-hydroxylation sites is 1. The molecular weight excluding hydrogens is 244 g/mol. The van der Waals surface area contributed by atoms with Crippen molar-refractivity contribution >= 4 is 28.8 Å². The van der Waals surface area contributed by atoms with Crippen LogP contribution in [0, 0.1) is 6.92 Å². The second kappa shape index (κ2) is 3.99. The molecule has 0 saturated carbocycles. The van der Waals surface area contributed by atoms with E-state index in [4.69, 9.17) is 10.2 Å². The molecule has 0 saturated heterocycles. The highest BCUT2D eigenvalue weighted by Crippen LogP contribution is 2.53. The number of benzene rings is 1. The quantitative estimate of drug-likeness (QED) is 0.835. The third kappa shape index (κ3) is 1.52. The van der Waals surface area contributed by atoms with Gasteiger partial charge < -0.3 is 15.1 Å². The molecule has 1 aromatic carbocycles. The van der Waals surface area contributed by atoms with E-state index in [2.05, 4.69) is 43.0 Å². The van der Waals surface area contributed by atoms with Gasteiger partial charge in [-0.05, 0) is 44.7 Å². The van der Waals surface area contributed by atoms with Gasteiger partial charge in [0.1, 0.15) is 11.4 Å². The number of anilines is 3. The molecule has 0 radical (unpaired) electrons. The van der Waals surface area contributed by atoms with Gasteiger partial charge in [0.2, 0.25) is 0 Å². The third-order valence-electron chi connectivity index (χ3n) is 3.16. The number of nitrogens with zero attached hydrogens (tertiary/aromatic N) is 1. The minimum atomic E-state index is 0.338. The fourth-order valence-electron chi connectivity index (χ4n) is 2.32. The van der Waals surface area contributed by atoms with Crippen molar-refractivity contribution in [2.75, 3.05) is 10.6 Å². The molecule has 0 fully saturated rings. The average Bonchev–Trinajstić information content (AvgIpc) is 2.62. The molecule has 2 heterocycles. The first kappa shape index (κ1) is 11.5. The van der Waals surface area contributed by atoms with E-state index in [1.54, 1.807) is 11.8 Å². The maximum Gasteiger partial charge on any atom is 0.191 e. The van der Waals surface area contributed by atoms with Gasteiger partial charge in [0.25, 0.3) is 0 Å². The van der Waals surface area contributed by atoms with Gasteiger partial charge in [-0.25, -0.2) is 0 Å². The highest BCUT2D eigenvalue weighted by Gasteiger charge is 2.31. The van der Waals surface area contributed by atoms with Crippen LogP contribution in [0.5, 0.6) is 0 Å². The summed E-state index contributed by atoms with van der Waals surface area (Å²) >= 11 is 1.65. The molecule has 0 spiro atoms. The van der Waals surface area contributed by atoms with Crippen molar-refractivity contribution < 1.29 is 4.42 Å². The van der Waals surface area contributed by atoms with Crippen molar-refractivity contribution in [3.05, 3.63) is 30.0 Å². The average molecular weight is 260 g/mol. The van der Waals surface area contributed by atoms with Crippen LogP contribution < -0.4 is 10.6 Å². The molecule has 3 rings (SSSR count). The maximum atomic E-state index is 6.16. The Morgan fingerprint density at radius 3 is 2.72 bits per heavy atom. The van der Waals surface area contributed by atoms with Crippen molar-refractivity contribution in [2.45, 2.75) is 36.8 Å². The van der Waals surface area contributed by atoms with E-state index in [0.29, 0.717) is 6.04 Å². The summed E-state index contributed by atoms with van der Waals surface area (Å²) in [7, 11) is 0. The summed E-state index contributed by atoms with van der Waals surface area (Å²) in [4.78, 5) is 3.47. The standard InChI is InChI=1S/C14H16N2OS/c1-8(2)16-10-6-4-5-7-11(10)18-14-13(16)12(15)9(3)17-14/h4-8H,15H2,1-3H3. The Bertz CT molecular complexity index is 604. The summed E-state index contributed by atoms with van der Waals surface area (Å²) in [6.45, 7) is 6.24. The molecule has 18 heavy (non-hydrogen) atoms. The fraction of sp³-hybridized carbons (Fsp3) is 0.286. The molecule has 0 amide bonds. The summed E-state index contributed by atoms with van der Waals surface area (Å²) in [6.07, 6.45) is 0. The Balaban J connectivity index is 2.25. The third-order valence-corrected chi connectivity index (χ3v) is 4.19. The predicted molar refractivity (Wildman–Crippen MR) is 75.7 cm³/mol. The second-order valence-corrected chi connectivity index (χ2v) is 5.76. The lowest BCUT2D eigenvalue weighted by molar-refractivity contribution is 0.448. The van der Waals surface area contributed by atoms with Gasteiger partial charge in [-0.2, -0.15) is 0 Å². The molecule has 0 bridgehead atoms. The smallest absolute Gasteiger partial charge is 0.191 e. The lowest BCUT2D eigenvalue weighted by Gasteiger charge is -2.33. The van der Waals surface area contributed by atoms with Crippen molar-refractivity contribution in [1.29, 1.82) is 0 Å². The van der Waals surface area contributed by atoms with Crippen LogP contribution in [0.3, 0.4) is 0 Å². The van der Waals surface area contributed by atoms with E-state index in [-0.39, 0.29) is 0 Å². The van der Waals surface area contributed by atoms with E-state index in [1.807, 2.05) is 6.92 Å². The molecule has 2 aromatic rings. The Kier molecular flexibility index (Phi) is 2.55. The first-order chi connectivity index (χ1) is 8.59. The summed E-state index contributed by atoms with van der Waals surface area (Å²) in [5.74, 6) is 0.797. The van der Waals surface area contributed by atoms with E-state index in [0.717, 1.165) is 22.2 Å². The van der Waals surface area contributed by atoms with Crippen LogP contribution in [0.1, 0.15) is 19.6 Å². The van der Waals surface area contributed by atoms with E-state index in [1.165, 1.54) is 10.6 Å². The SMILES string of the molecule is Cc1oc2c(c1N)N(C(C)C)c1ccccc1S2. The van der Waals surface area contributed by atoms with Crippen LogP contribution in [0.25, 0.3) is 0 Å². The predicted octanol–water partition coefficient (Wildman–Crippen LogP) is 4.18. The summed E-state index contributed by atoms with van der Waals surface area (Å²) in [5, 5.41) is 0.900. The Morgan fingerprint density at radius 2 is 2.00 bits per heavy atom. The van der Waals surface area contributed by atoms with Gasteiger partial charge in [0.15, 0.2) is 5.09 Å². The topological polar surface area (TPSA) is 42.4 Å². The van der Waals surface area contributed by atoms with E-state index < -0.39 is 0 Å². The number of nitrogens with two attached hydrogens (primary N) is 1. The van der Waals surface area contributed by atoms with Crippen molar-refractivity contribution in [3.63, 3.8) is 0 Å². The van der Waals surface area contributed by atoms with Gasteiger partial charge in [-0.3, -0.25) is 0 Å². The van der Waals surface area contributed by atoms with Crippen LogP contribution in [0.2, 0.25) is 0 Å². The zero-order valence-electron chi connectivity index (χ0n) is 10.7. The molecule has 1 aromatic heterocycles. The highest BCUT2D eigenvalue weighted by molar-refractivity contribution is 7.99. The normalized spacial score (nSPS) is 13.7. The number of hydrogen-bond donors (Lipinski definition) is 1. The molecule has 94 valence electrons. The molecule has 2 N–H and O–H groups in total. The summed E-state index contributed by atoms with van der Waals surface area (Å²) in [5.41, 5.74) is 9.14. The van der Waals surface area contributed by atoms with Gasteiger partial charge in [0, 0.05) is 10.9 Å². The lowest BCUT2D eigenvalue weighted by atomic mass is 10.2. The minimum Gasteiger partial charge on any atom is -0.450 e. The van der Waals surface area contributed by atoms with Gasteiger partial charge in [-0.1, -0.05) is 12.1 Å². The highest BCUT2D eigenvalue weighted by atomic mass is 32.2. The maximum absolute atomic E-state index is 6.16. The minimum absolute atomic E-state index is 0.338. The van der Waals surface area contributed by atoms with Crippen LogP contribution >= 0.6 is 11.8 Å². The van der Waals surface area contributed by atoms with Gasteiger partial charge in [-0.15, -0.1) is 0 Å². The molecule has 0 atom stereocenters. The van der Waals surface area contributed by atoms with Crippen LogP contribution in [0.4, 0.5) is 17.1 Å². The van der Waals surface area contributed by atoms with Gasteiger partial charge >= 0.3 is 0 Å².